The van der Waals surface area contributed by atoms with Crippen molar-refractivity contribution >= 4 is 40.6 Å². The van der Waals surface area contributed by atoms with E-state index in [0.29, 0.717) is 27.4 Å². The first-order chi connectivity index (χ1) is 10.1. The quantitative estimate of drug-likeness (QED) is 0.854. The smallest absolute Gasteiger partial charge is 0.120 e. The molecule has 1 atom stereocenters. The summed E-state index contributed by atoms with van der Waals surface area (Å²) in [4.78, 5) is 1.65. The van der Waals surface area contributed by atoms with Gasteiger partial charge in [-0.15, -0.1) is 11.8 Å². The summed E-state index contributed by atoms with van der Waals surface area (Å²) in [6.45, 7) is 0.655. The van der Waals surface area contributed by atoms with Crippen molar-refractivity contribution in [1.29, 1.82) is 0 Å². The molecule has 0 saturated heterocycles. The van der Waals surface area contributed by atoms with E-state index in [2.05, 4.69) is 24.3 Å². The fraction of sp³-hybridized carbons (Fsp3) is 0.188. The first kappa shape index (κ1) is 14.7. The van der Waals surface area contributed by atoms with E-state index in [4.69, 9.17) is 34.3 Å². The molecule has 0 bridgehead atoms. The van der Waals surface area contributed by atoms with Crippen molar-refractivity contribution in [2.24, 2.45) is 5.73 Å². The van der Waals surface area contributed by atoms with Crippen LogP contribution in [-0.2, 0) is 6.42 Å². The van der Waals surface area contributed by atoms with Gasteiger partial charge in [-0.3, -0.25) is 0 Å². The summed E-state index contributed by atoms with van der Waals surface area (Å²) in [6, 6.07) is 13.9. The topological polar surface area (TPSA) is 35.2 Å². The number of halogens is 1. The molecule has 0 amide bonds. The molecule has 0 radical (unpaired) electrons. The summed E-state index contributed by atoms with van der Waals surface area (Å²) in [5, 5.41) is 0.971. The largest absolute Gasteiger partial charge is 0.492 e. The van der Waals surface area contributed by atoms with Crippen molar-refractivity contribution in [3.63, 3.8) is 0 Å². The fourth-order valence-electron chi connectivity index (χ4n) is 2.32. The number of hydrogen-bond acceptors (Lipinski definition) is 3. The molecule has 2 aromatic carbocycles. The average molecular weight is 336 g/mol. The second-order valence-corrected chi connectivity index (χ2v) is 7.06. The van der Waals surface area contributed by atoms with Gasteiger partial charge in [0.15, 0.2) is 0 Å². The van der Waals surface area contributed by atoms with E-state index in [1.807, 2.05) is 17.8 Å². The summed E-state index contributed by atoms with van der Waals surface area (Å²) in [5.41, 5.74) is 7.67. The van der Waals surface area contributed by atoms with Gasteiger partial charge in [0.05, 0.1) is 5.02 Å². The minimum Gasteiger partial charge on any atom is -0.492 e. The van der Waals surface area contributed by atoms with Crippen LogP contribution in [0.15, 0.2) is 47.4 Å². The number of thiocarbonyl (C=S) groups is 1. The van der Waals surface area contributed by atoms with Crippen LogP contribution in [-0.4, -0.2) is 16.8 Å². The Morgan fingerprint density at radius 1 is 1.33 bits per heavy atom. The van der Waals surface area contributed by atoms with E-state index >= 15 is 0 Å². The van der Waals surface area contributed by atoms with Crippen LogP contribution in [0.2, 0.25) is 5.02 Å². The van der Waals surface area contributed by atoms with E-state index < -0.39 is 0 Å². The van der Waals surface area contributed by atoms with E-state index in [1.165, 1.54) is 10.5 Å². The normalized spacial score (nSPS) is 16.5. The van der Waals surface area contributed by atoms with Crippen LogP contribution < -0.4 is 10.5 Å². The van der Waals surface area contributed by atoms with Crippen molar-refractivity contribution in [3.05, 3.63) is 58.6 Å². The molecule has 2 aromatic rings. The molecule has 0 fully saturated rings. The molecule has 0 spiro atoms. The number of rotatable bonds is 4. The zero-order valence-electron chi connectivity index (χ0n) is 11.2. The molecule has 108 valence electrons. The lowest BCUT2D eigenvalue weighted by Crippen LogP contribution is -2.14. The molecule has 2 N–H and O–H groups in total. The van der Waals surface area contributed by atoms with Gasteiger partial charge in [-0.2, -0.15) is 0 Å². The second-order valence-electron chi connectivity index (χ2n) is 4.87. The lowest BCUT2D eigenvalue weighted by molar-refractivity contribution is 0.317. The zero-order chi connectivity index (χ0) is 14.8. The van der Waals surface area contributed by atoms with Crippen molar-refractivity contribution in [2.75, 3.05) is 6.61 Å². The van der Waals surface area contributed by atoms with Gasteiger partial charge in [0.25, 0.3) is 0 Å². The summed E-state index contributed by atoms with van der Waals surface area (Å²) >= 11 is 12.9. The Morgan fingerprint density at radius 2 is 2.14 bits per heavy atom. The Balaban J connectivity index is 1.62. The lowest BCUT2D eigenvalue weighted by Gasteiger charge is -2.12. The molecule has 0 aliphatic carbocycles. The van der Waals surface area contributed by atoms with E-state index in [1.54, 1.807) is 12.1 Å². The van der Waals surface area contributed by atoms with Crippen LogP contribution in [0, 0.1) is 0 Å². The number of fused-ring (bicyclic) bond motifs is 1. The van der Waals surface area contributed by atoms with Gasteiger partial charge < -0.3 is 10.5 Å². The Hall–Kier alpha value is -1.23. The number of nitrogens with two attached hydrogens (primary N) is 1. The summed E-state index contributed by atoms with van der Waals surface area (Å²) in [5.74, 6) is 0.747. The van der Waals surface area contributed by atoms with Gasteiger partial charge in [0, 0.05) is 15.7 Å². The Bertz CT molecular complexity index is 665. The number of thioether (sulfide) groups is 1. The standard InChI is InChI=1S/C16H14ClNOS2/c17-14-8-11(5-6-13(14)16(18)20)19-9-12-7-10-3-1-2-4-15(10)21-12/h1-6,8,12H,7,9H2,(H2,18,20). The third-order valence-electron chi connectivity index (χ3n) is 3.36. The van der Waals surface area contributed by atoms with Gasteiger partial charge in [-0.05, 0) is 36.2 Å². The highest BCUT2D eigenvalue weighted by molar-refractivity contribution is 8.00. The molecule has 2 nitrogen and oxygen atoms in total. The molecule has 3 rings (SSSR count). The van der Waals surface area contributed by atoms with Crippen molar-refractivity contribution < 1.29 is 4.74 Å². The third kappa shape index (κ3) is 3.34. The van der Waals surface area contributed by atoms with Crippen LogP contribution in [0.25, 0.3) is 0 Å². The highest BCUT2D eigenvalue weighted by Gasteiger charge is 2.22. The number of benzene rings is 2. The predicted octanol–water partition coefficient (Wildman–Crippen LogP) is 4.07. The third-order valence-corrected chi connectivity index (χ3v) is 5.18. The molecule has 0 aromatic heterocycles. The molecule has 1 aliphatic heterocycles. The number of ether oxygens (including phenoxy) is 1. The van der Waals surface area contributed by atoms with Crippen molar-refractivity contribution in [2.45, 2.75) is 16.6 Å². The maximum Gasteiger partial charge on any atom is 0.120 e. The highest BCUT2D eigenvalue weighted by Crippen LogP contribution is 2.37. The first-order valence-electron chi connectivity index (χ1n) is 6.60. The Labute approximate surface area is 138 Å². The molecule has 1 heterocycles. The first-order valence-corrected chi connectivity index (χ1v) is 8.27. The minimum absolute atomic E-state index is 0.299. The van der Waals surface area contributed by atoms with E-state index in [-0.39, 0.29) is 0 Å². The van der Waals surface area contributed by atoms with Gasteiger partial charge in [0.2, 0.25) is 0 Å². The average Bonchev–Trinajstić information content (AvgIpc) is 2.87. The summed E-state index contributed by atoms with van der Waals surface area (Å²) in [6.07, 6.45) is 1.04. The highest BCUT2D eigenvalue weighted by atomic mass is 35.5. The van der Waals surface area contributed by atoms with Gasteiger partial charge in [-0.1, -0.05) is 42.0 Å². The van der Waals surface area contributed by atoms with E-state index in [9.17, 15) is 0 Å². The monoisotopic (exact) mass is 335 g/mol. The summed E-state index contributed by atoms with van der Waals surface area (Å²) in [7, 11) is 0. The second kappa shape index (κ2) is 6.26. The van der Waals surface area contributed by atoms with Gasteiger partial charge >= 0.3 is 0 Å². The van der Waals surface area contributed by atoms with Crippen LogP contribution >= 0.6 is 35.6 Å². The number of hydrogen-bond donors (Lipinski definition) is 1. The molecule has 1 unspecified atom stereocenters. The van der Waals surface area contributed by atoms with Crippen molar-refractivity contribution in [1.82, 2.24) is 0 Å². The lowest BCUT2D eigenvalue weighted by atomic mass is 10.1. The Kier molecular flexibility index (Phi) is 4.38. The minimum atomic E-state index is 0.299. The summed E-state index contributed by atoms with van der Waals surface area (Å²) < 4.78 is 5.85. The maximum absolute atomic E-state index is 6.14. The Morgan fingerprint density at radius 3 is 2.86 bits per heavy atom. The van der Waals surface area contributed by atoms with E-state index in [0.717, 1.165) is 12.2 Å². The predicted molar refractivity (Wildman–Crippen MR) is 92.6 cm³/mol. The fourth-order valence-corrected chi connectivity index (χ4v) is 4.05. The molecular formula is C16H14ClNOS2. The molecular weight excluding hydrogens is 322 g/mol. The van der Waals surface area contributed by atoms with Crippen molar-refractivity contribution in [3.8, 4) is 5.75 Å². The van der Waals surface area contributed by atoms with Crippen LogP contribution in [0.3, 0.4) is 0 Å². The zero-order valence-corrected chi connectivity index (χ0v) is 13.6. The van der Waals surface area contributed by atoms with Gasteiger partial charge in [0.1, 0.15) is 17.3 Å². The van der Waals surface area contributed by atoms with Crippen LogP contribution in [0.1, 0.15) is 11.1 Å². The van der Waals surface area contributed by atoms with Crippen LogP contribution in [0.4, 0.5) is 0 Å². The molecule has 5 heteroatoms. The van der Waals surface area contributed by atoms with Crippen LogP contribution in [0.5, 0.6) is 5.75 Å². The molecule has 21 heavy (non-hydrogen) atoms. The maximum atomic E-state index is 6.14. The molecule has 1 aliphatic rings. The van der Waals surface area contributed by atoms with Gasteiger partial charge in [-0.25, -0.2) is 0 Å². The molecule has 0 saturated carbocycles. The SMILES string of the molecule is NC(=S)c1ccc(OCC2Cc3ccccc3S2)cc1Cl.